The number of para-hydroxylation sites is 1. The van der Waals surface area contributed by atoms with Crippen LogP contribution in [0.4, 0.5) is 5.82 Å². The fourth-order valence-electron chi connectivity index (χ4n) is 2.42. The molecule has 1 N–H and O–H groups in total. The Labute approximate surface area is 150 Å². The van der Waals surface area contributed by atoms with Gasteiger partial charge in [-0.15, -0.1) is 17.0 Å². The Balaban J connectivity index is 0.00000208. The molecule has 6 nitrogen and oxygen atoms in total. The molecule has 1 aromatic carbocycles. The van der Waals surface area contributed by atoms with Crippen molar-refractivity contribution in [2.45, 2.75) is 20.4 Å². The summed E-state index contributed by atoms with van der Waals surface area (Å²) in [7, 11) is 0. The minimum absolute atomic E-state index is 0. The largest absolute Gasteiger partial charge is 0.460 e. The maximum atomic E-state index is 12.2. The molecule has 0 amide bonds. The summed E-state index contributed by atoms with van der Waals surface area (Å²) in [6, 6.07) is 5.82. The standard InChI is InChI=1S/C17H17N3O3.BrH/c1-3-22-17(21)16-13(9-20-14-10-18-7-8-19-14)12-6-4-5-11(2)15(12)23-16;/h4-8,10H,3,9H2,1-2H3,(H,19,20);1H. The number of carbonyl (C=O) groups is 1. The van der Waals surface area contributed by atoms with Gasteiger partial charge in [-0.2, -0.15) is 0 Å². The molecule has 3 rings (SSSR count). The summed E-state index contributed by atoms with van der Waals surface area (Å²) >= 11 is 0. The van der Waals surface area contributed by atoms with E-state index in [4.69, 9.17) is 9.15 Å². The molecule has 0 saturated carbocycles. The van der Waals surface area contributed by atoms with Crippen LogP contribution < -0.4 is 5.32 Å². The average molecular weight is 392 g/mol. The maximum Gasteiger partial charge on any atom is 0.374 e. The predicted octanol–water partition coefficient (Wildman–Crippen LogP) is 3.90. The number of aromatic nitrogens is 2. The lowest BCUT2D eigenvalue weighted by Gasteiger charge is -2.05. The number of nitrogens with one attached hydrogen (secondary N) is 1. The number of esters is 1. The van der Waals surface area contributed by atoms with Crippen LogP contribution in [-0.2, 0) is 11.3 Å². The third kappa shape index (κ3) is 3.56. The first-order chi connectivity index (χ1) is 11.2. The molecule has 2 heterocycles. The second-order valence-electron chi connectivity index (χ2n) is 5.03. The first-order valence-electron chi connectivity index (χ1n) is 7.38. The lowest BCUT2D eigenvalue weighted by Crippen LogP contribution is -2.09. The zero-order valence-corrected chi connectivity index (χ0v) is 15.1. The molecule has 126 valence electrons. The molecule has 0 spiro atoms. The summed E-state index contributed by atoms with van der Waals surface area (Å²) < 4.78 is 10.9. The maximum absolute atomic E-state index is 12.2. The molecular formula is C17H18BrN3O3. The van der Waals surface area contributed by atoms with Crippen molar-refractivity contribution in [1.29, 1.82) is 0 Å². The van der Waals surface area contributed by atoms with Crippen LogP contribution in [0, 0.1) is 6.92 Å². The molecule has 24 heavy (non-hydrogen) atoms. The zero-order valence-electron chi connectivity index (χ0n) is 13.4. The zero-order chi connectivity index (χ0) is 16.2. The molecule has 0 aliphatic carbocycles. The molecule has 0 aliphatic rings. The Morgan fingerprint density at radius 3 is 2.88 bits per heavy atom. The van der Waals surface area contributed by atoms with Crippen LogP contribution in [0.15, 0.2) is 41.2 Å². The van der Waals surface area contributed by atoms with E-state index in [0.29, 0.717) is 24.6 Å². The average Bonchev–Trinajstić information content (AvgIpc) is 2.94. The van der Waals surface area contributed by atoms with E-state index >= 15 is 0 Å². The van der Waals surface area contributed by atoms with Crippen molar-refractivity contribution in [1.82, 2.24) is 9.97 Å². The van der Waals surface area contributed by atoms with Crippen molar-refractivity contribution < 1.29 is 13.9 Å². The van der Waals surface area contributed by atoms with Crippen molar-refractivity contribution in [3.8, 4) is 0 Å². The van der Waals surface area contributed by atoms with Gasteiger partial charge in [0.25, 0.3) is 0 Å². The lowest BCUT2D eigenvalue weighted by molar-refractivity contribution is 0.0491. The molecule has 0 unspecified atom stereocenters. The molecule has 0 saturated heterocycles. The van der Waals surface area contributed by atoms with Crippen molar-refractivity contribution in [3.05, 3.63) is 53.7 Å². The Morgan fingerprint density at radius 1 is 1.33 bits per heavy atom. The van der Waals surface area contributed by atoms with E-state index in [0.717, 1.165) is 16.5 Å². The lowest BCUT2D eigenvalue weighted by atomic mass is 10.1. The van der Waals surface area contributed by atoms with Gasteiger partial charge < -0.3 is 14.5 Å². The molecule has 0 atom stereocenters. The summed E-state index contributed by atoms with van der Waals surface area (Å²) in [5.41, 5.74) is 2.43. The fourth-order valence-corrected chi connectivity index (χ4v) is 2.42. The number of rotatable bonds is 5. The number of nitrogens with zero attached hydrogens (tertiary/aromatic N) is 2. The number of benzene rings is 1. The van der Waals surface area contributed by atoms with Gasteiger partial charge in [0.1, 0.15) is 11.4 Å². The quantitative estimate of drug-likeness (QED) is 0.664. The normalized spacial score (nSPS) is 10.2. The summed E-state index contributed by atoms with van der Waals surface area (Å²) in [5.74, 6) is 0.399. The Morgan fingerprint density at radius 2 is 2.17 bits per heavy atom. The molecule has 3 aromatic rings. The highest BCUT2D eigenvalue weighted by Crippen LogP contribution is 2.29. The molecule has 0 bridgehead atoms. The summed E-state index contributed by atoms with van der Waals surface area (Å²) in [6.07, 6.45) is 4.83. The van der Waals surface area contributed by atoms with Crippen molar-refractivity contribution in [2.24, 2.45) is 0 Å². The van der Waals surface area contributed by atoms with E-state index in [1.807, 2.05) is 25.1 Å². The third-order valence-corrected chi connectivity index (χ3v) is 3.49. The Kier molecular flexibility index (Phi) is 5.92. The van der Waals surface area contributed by atoms with E-state index in [-0.39, 0.29) is 22.7 Å². The van der Waals surface area contributed by atoms with E-state index in [2.05, 4.69) is 15.3 Å². The van der Waals surface area contributed by atoms with E-state index < -0.39 is 5.97 Å². The van der Waals surface area contributed by atoms with Gasteiger partial charge >= 0.3 is 5.97 Å². The molecule has 0 fully saturated rings. The van der Waals surface area contributed by atoms with E-state index in [9.17, 15) is 4.79 Å². The van der Waals surface area contributed by atoms with Gasteiger partial charge in [-0.25, -0.2) is 9.78 Å². The second kappa shape index (κ2) is 7.92. The summed E-state index contributed by atoms with van der Waals surface area (Å²) in [4.78, 5) is 20.4. The number of carbonyl (C=O) groups excluding carboxylic acids is 1. The number of aryl methyl sites for hydroxylation is 1. The smallest absolute Gasteiger partial charge is 0.374 e. The van der Waals surface area contributed by atoms with Crippen LogP contribution in [0.3, 0.4) is 0 Å². The van der Waals surface area contributed by atoms with Crippen molar-refractivity contribution >= 4 is 39.7 Å². The van der Waals surface area contributed by atoms with Gasteiger partial charge in [-0.1, -0.05) is 18.2 Å². The van der Waals surface area contributed by atoms with Crippen molar-refractivity contribution in [3.63, 3.8) is 0 Å². The van der Waals surface area contributed by atoms with Crippen LogP contribution in [0.5, 0.6) is 0 Å². The summed E-state index contributed by atoms with van der Waals surface area (Å²) in [6.45, 7) is 4.40. The van der Waals surface area contributed by atoms with Crippen LogP contribution in [0.2, 0.25) is 0 Å². The monoisotopic (exact) mass is 391 g/mol. The van der Waals surface area contributed by atoms with Gasteiger partial charge in [-0.05, 0) is 19.4 Å². The number of ether oxygens (including phenoxy) is 1. The number of hydrogen-bond donors (Lipinski definition) is 1. The highest BCUT2D eigenvalue weighted by Gasteiger charge is 2.22. The number of halogens is 1. The summed E-state index contributed by atoms with van der Waals surface area (Å²) in [5, 5.41) is 4.05. The molecule has 2 aromatic heterocycles. The molecule has 0 aliphatic heterocycles. The van der Waals surface area contributed by atoms with Crippen LogP contribution >= 0.6 is 17.0 Å². The SMILES string of the molecule is Br.CCOC(=O)c1oc2c(C)cccc2c1CNc1cnccn1. The van der Waals surface area contributed by atoms with Crippen LogP contribution in [0.1, 0.15) is 28.6 Å². The van der Waals surface area contributed by atoms with Gasteiger partial charge in [-0.3, -0.25) is 4.98 Å². The highest BCUT2D eigenvalue weighted by molar-refractivity contribution is 8.93. The van der Waals surface area contributed by atoms with Gasteiger partial charge in [0, 0.05) is 29.9 Å². The van der Waals surface area contributed by atoms with E-state index in [1.165, 1.54) is 0 Å². The number of anilines is 1. The fraction of sp³-hybridized carbons (Fsp3) is 0.235. The molecule has 7 heteroatoms. The van der Waals surface area contributed by atoms with Gasteiger partial charge in [0.05, 0.1) is 12.8 Å². The first kappa shape index (κ1) is 17.9. The highest BCUT2D eigenvalue weighted by atomic mass is 79.9. The van der Waals surface area contributed by atoms with Crippen LogP contribution in [-0.4, -0.2) is 22.5 Å². The van der Waals surface area contributed by atoms with Crippen molar-refractivity contribution in [2.75, 3.05) is 11.9 Å². The minimum atomic E-state index is -0.459. The predicted molar refractivity (Wildman–Crippen MR) is 96.6 cm³/mol. The number of furan rings is 1. The number of hydrogen-bond acceptors (Lipinski definition) is 6. The molecular weight excluding hydrogens is 374 g/mol. The second-order valence-corrected chi connectivity index (χ2v) is 5.03. The minimum Gasteiger partial charge on any atom is -0.460 e. The number of fused-ring (bicyclic) bond motifs is 1. The Hall–Kier alpha value is -2.41. The van der Waals surface area contributed by atoms with Crippen LogP contribution in [0.25, 0.3) is 11.0 Å². The van der Waals surface area contributed by atoms with Gasteiger partial charge in [0.15, 0.2) is 0 Å². The Bertz CT molecular complexity index is 834. The first-order valence-corrected chi connectivity index (χ1v) is 7.38. The van der Waals surface area contributed by atoms with Gasteiger partial charge in [0.2, 0.25) is 5.76 Å². The van der Waals surface area contributed by atoms with E-state index in [1.54, 1.807) is 25.5 Å². The third-order valence-electron chi connectivity index (χ3n) is 3.49. The molecule has 0 radical (unpaired) electrons. The topological polar surface area (TPSA) is 77.2 Å².